The quantitative estimate of drug-likeness (QED) is 0.804. The summed E-state index contributed by atoms with van der Waals surface area (Å²) in [5, 5.41) is 11.4. The molecule has 0 aliphatic carbocycles. The van der Waals surface area contributed by atoms with E-state index >= 15 is 0 Å². The second-order valence-electron chi connectivity index (χ2n) is 5.14. The number of benzene rings is 1. The van der Waals surface area contributed by atoms with E-state index in [0.29, 0.717) is 0 Å². The third-order valence-electron chi connectivity index (χ3n) is 3.35. The average molecular weight is 333 g/mol. The van der Waals surface area contributed by atoms with Gasteiger partial charge < -0.3 is 15.2 Å². The molecule has 2 N–H and O–H groups in total. The monoisotopic (exact) mass is 333 g/mol. The van der Waals surface area contributed by atoms with Gasteiger partial charge in [0.05, 0.1) is 5.92 Å². The molecule has 8 heteroatoms. The first kappa shape index (κ1) is 18.8. The molecule has 128 valence electrons. The highest BCUT2D eigenvalue weighted by Crippen LogP contribution is 2.26. The first-order valence-corrected chi connectivity index (χ1v) is 6.96. The normalized spacial score (nSPS) is 14.0. The van der Waals surface area contributed by atoms with Gasteiger partial charge in [0, 0.05) is 12.5 Å². The van der Waals surface area contributed by atoms with Gasteiger partial charge in [-0.15, -0.1) is 13.2 Å². The summed E-state index contributed by atoms with van der Waals surface area (Å²) in [6.45, 7) is 3.01. The van der Waals surface area contributed by atoms with Crippen LogP contribution in [0.15, 0.2) is 24.3 Å². The van der Waals surface area contributed by atoms with Crippen molar-refractivity contribution in [2.45, 2.75) is 39.1 Å². The second kappa shape index (κ2) is 7.85. The Morgan fingerprint density at radius 1 is 1.26 bits per heavy atom. The van der Waals surface area contributed by atoms with E-state index < -0.39 is 30.2 Å². The van der Waals surface area contributed by atoms with E-state index in [4.69, 9.17) is 5.11 Å². The van der Waals surface area contributed by atoms with Crippen LogP contribution in [0.1, 0.15) is 25.8 Å². The van der Waals surface area contributed by atoms with E-state index in [9.17, 15) is 22.8 Å². The molecular formula is C15H18F3NO4. The molecule has 1 rings (SSSR count). The van der Waals surface area contributed by atoms with E-state index in [0.717, 1.165) is 0 Å². The van der Waals surface area contributed by atoms with Crippen LogP contribution in [-0.4, -0.2) is 29.4 Å². The van der Waals surface area contributed by atoms with Crippen molar-refractivity contribution in [3.63, 3.8) is 0 Å². The Bertz CT molecular complexity index is 560. The number of amides is 1. The van der Waals surface area contributed by atoms with E-state index in [-0.39, 0.29) is 24.2 Å². The highest BCUT2D eigenvalue weighted by atomic mass is 19.4. The summed E-state index contributed by atoms with van der Waals surface area (Å²) < 4.78 is 40.8. The molecule has 0 fully saturated rings. The number of ether oxygens (including phenoxy) is 1. The van der Waals surface area contributed by atoms with Gasteiger partial charge in [0.1, 0.15) is 5.75 Å². The SMILES string of the molecule is CC(NC(=O)CCc1ccccc1OC(F)(F)F)C(C)C(=O)O. The standard InChI is InChI=1S/C15H18F3NO4/c1-9(14(21)22)10(2)19-13(20)8-7-11-5-3-4-6-12(11)23-15(16,17)18/h3-6,9-10H,7-8H2,1-2H3,(H,19,20)(H,21,22). The van der Waals surface area contributed by atoms with Crippen LogP contribution in [0.5, 0.6) is 5.75 Å². The Kier molecular flexibility index (Phi) is 6.41. The maximum absolute atomic E-state index is 12.3. The van der Waals surface area contributed by atoms with Crippen LogP contribution in [0.25, 0.3) is 0 Å². The fourth-order valence-corrected chi connectivity index (χ4v) is 1.85. The smallest absolute Gasteiger partial charge is 0.481 e. The fraction of sp³-hybridized carbons (Fsp3) is 0.467. The number of alkyl halides is 3. The van der Waals surface area contributed by atoms with Crippen LogP contribution in [0.2, 0.25) is 0 Å². The molecule has 0 spiro atoms. The lowest BCUT2D eigenvalue weighted by atomic mass is 10.0. The van der Waals surface area contributed by atoms with Crippen LogP contribution >= 0.6 is 0 Å². The van der Waals surface area contributed by atoms with E-state index in [2.05, 4.69) is 10.1 Å². The summed E-state index contributed by atoms with van der Waals surface area (Å²) in [6.07, 6.45) is -4.83. The number of hydrogen-bond donors (Lipinski definition) is 2. The summed E-state index contributed by atoms with van der Waals surface area (Å²) in [5.74, 6) is -2.59. The molecule has 0 aromatic heterocycles. The van der Waals surface area contributed by atoms with Gasteiger partial charge in [-0.05, 0) is 31.9 Å². The maximum atomic E-state index is 12.3. The zero-order chi connectivity index (χ0) is 17.6. The van der Waals surface area contributed by atoms with Gasteiger partial charge in [-0.2, -0.15) is 0 Å². The molecular weight excluding hydrogens is 315 g/mol. The highest BCUT2D eigenvalue weighted by Gasteiger charge is 2.32. The summed E-state index contributed by atoms with van der Waals surface area (Å²) >= 11 is 0. The Balaban J connectivity index is 2.61. The third-order valence-corrected chi connectivity index (χ3v) is 3.35. The number of aliphatic carboxylic acids is 1. The van der Waals surface area contributed by atoms with E-state index in [1.807, 2.05) is 0 Å². The molecule has 1 amide bonds. The number of carbonyl (C=O) groups excluding carboxylic acids is 1. The van der Waals surface area contributed by atoms with Crippen LogP contribution < -0.4 is 10.1 Å². The maximum Gasteiger partial charge on any atom is 0.573 e. The van der Waals surface area contributed by atoms with Crippen molar-refractivity contribution in [2.24, 2.45) is 5.92 Å². The van der Waals surface area contributed by atoms with Gasteiger partial charge in [-0.1, -0.05) is 18.2 Å². The minimum absolute atomic E-state index is 0.0479. The summed E-state index contributed by atoms with van der Waals surface area (Å²) in [6, 6.07) is 4.99. The number of aryl methyl sites for hydroxylation is 1. The molecule has 1 aromatic rings. The minimum Gasteiger partial charge on any atom is -0.481 e. The average Bonchev–Trinajstić information content (AvgIpc) is 2.43. The number of nitrogens with one attached hydrogen (secondary N) is 1. The molecule has 0 saturated heterocycles. The first-order chi connectivity index (χ1) is 10.6. The van der Waals surface area contributed by atoms with E-state index in [1.54, 1.807) is 13.0 Å². The second-order valence-corrected chi connectivity index (χ2v) is 5.14. The Hall–Kier alpha value is -2.25. The lowest BCUT2D eigenvalue weighted by molar-refractivity contribution is -0.274. The molecule has 0 saturated carbocycles. The number of rotatable bonds is 7. The lowest BCUT2D eigenvalue weighted by Gasteiger charge is -2.18. The predicted octanol–water partition coefficient (Wildman–Crippen LogP) is 2.74. The van der Waals surface area contributed by atoms with Crippen molar-refractivity contribution in [1.29, 1.82) is 0 Å². The van der Waals surface area contributed by atoms with Crippen molar-refractivity contribution in [3.8, 4) is 5.75 Å². The number of carboxylic acid groups (broad SMARTS) is 1. The predicted molar refractivity (Wildman–Crippen MR) is 75.9 cm³/mol. The van der Waals surface area contributed by atoms with Gasteiger partial charge in [-0.25, -0.2) is 0 Å². The highest BCUT2D eigenvalue weighted by molar-refractivity contribution is 5.78. The van der Waals surface area contributed by atoms with E-state index in [1.165, 1.54) is 25.1 Å². The Morgan fingerprint density at radius 2 is 1.87 bits per heavy atom. The van der Waals surface area contributed by atoms with Crippen molar-refractivity contribution in [2.75, 3.05) is 0 Å². The lowest BCUT2D eigenvalue weighted by Crippen LogP contribution is -2.40. The van der Waals surface area contributed by atoms with Crippen LogP contribution in [0.3, 0.4) is 0 Å². The third kappa shape index (κ3) is 6.58. The summed E-state index contributed by atoms with van der Waals surface area (Å²) in [5.41, 5.74) is 0.249. The number of carbonyl (C=O) groups is 2. The van der Waals surface area contributed by atoms with Crippen molar-refractivity contribution in [1.82, 2.24) is 5.32 Å². The van der Waals surface area contributed by atoms with Gasteiger partial charge in [0.15, 0.2) is 0 Å². The zero-order valence-corrected chi connectivity index (χ0v) is 12.7. The number of halogens is 3. The van der Waals surface area contributed by atoms with Crippen molar-refractivity contribution >= 4 is 11.9 Å². The molecule has 0 aliphatic heterocycles. The van der Waals surface area contributed by atoms with Crippen molar-refractivity contribution < 1.29 is 32.6 Å². The first-order valence-electron chi connectivity index (χ1n) is 6.96. The largest absolute Gasteiger partial charge is 0.573 e. The summed E-state index contributed by atoms with van der Waals surface area (Å²) in [4.78, 5) is 22.6. The zero-order valence-electron chi connectivity index (χ0n) is 12.7. The molecule has 1 aromatic carbocycles. The van der Waals surface area contributed by atoms with Gasteiger partial charge in [0.25, 0.3) is 0 Å². The molecule has 0 bridgehead atoms. The topological polar surface area (TPSA) is 75.6 Å². The number of para-hydroxylation sites is 1. The molecule has 23 heavy (non-hydrogen) atoms. The summed E-state index contributed by atoms with van der Waals surface area (Å²) in [7, 11) is 0. The fourth-order valence-electron chi connectivity index (χ4n) is 1.85. The number of hydrogen-bond acceptors (Lipinski definition) is 3. The van der Waals surface area contributed by atoms with Gasteiger partial charge >= 0.3 is 12.3 Å². The molecule has 0 aliphatic rings. The van der Waals surface area contributed by atoms with Crippen LogP contribution in [-0.2, 0) is 16.0 Å². The molecule has 2 atom stereocenters. The minimum atomic E-state index is -4.80. The van der Waals surface area contributed by atoms with Crippen LogP contribution in [0.4, 0.5) is 13.2 Å². The Morgan fingerprint density at radius 3 is 2.43 bits per heavy atom. The van der Waals surface area contributed by atoms with Gasteiger partial charge in [0.2, 0.25) is 5.91 Å². The molecule has 0 heterocycles. The molecule has 2 unspecified atom stereocenters. The van der Waals surface area contributed by atoms with Crippen molar-refractivity contribution in [3.05, 3.63) is 29.8 Å². The molecule has 5 nitrogen and oxygen atoms in total. The van der Waals surface area contributed by atoms with Crippen LogP contribution in [0, 0.1) is 5.92 Å². The molecule has 0 radical (unpaired) electrons. The number of carboxylic acids is 1. The van der Waals surface area contributed by atoms with Gasteiger partial charge in [-0.3, -0.25) is 9.59 Å². The Labute approximate surface area is 131 Å².